The number of aliphatic hydroxyl groups is 2. The third kappa shape index (κ3) is 8.06. The van der Waals surface area contributed by atoms with Gasteiger partial charge in [-0.25, -0.2) is 22.8 Å². The van der Waals surface area contributed by atoms with Crippen LogP contribution in [0.25, 0.3) is 11.3 Å². The van der Waals surface area contributed by atoms with Crippen molar-refractivity contribution in [3.05, 3.63) is 75.3 Å². The largest absolute Gasteiger partial charge is 0.394 e. The van der Waals surface area contributed by atoms with E-state index in [9.17, 15) is 23.4 Å². The van der Waals surface area contributed by atoms with Gasteiger partial charge < -0.3 is 19.7 Å². The van der Waals surface area contributed by atoms with Crippen LogP contribution in [-0.2, 0) is 22.6 Å². The lowest BCUT2D eigenvalue weighted by molar-refractivity contribution is -0.116. The molecule has 0 aliphatic heterocycles. The molecule has 0 aliphatic carbocycles. The van der Waals surface area contributed by atoms with Gasteiger partial charge in [-0.1, -0.05) is 17.0 Å². The Bertz CT molecular complexity index is 1340. The van der Waals surface area contributed by atoms with E-state index >= 15 is 0 Å². The summed E-state index contributed by atoms with van der Waals surface area (Å²) >= 11 is 6.06. The minimum absolute atomic E-state index is 0.00873. The molecule has 4 rings (SSSR count). The van der Waals surface area contributed by atoms with Crippen molar-refractivity contribution in [3.8, 4) is 11.3 Å². The second kappa shape index (κ2) is 13.8. The van der Waals surface area contributed by atoms with Crippen LogP contribution in [0.2, 0.25) is 0 Å². The van der Waals surface area contributed by atoms with Crippen LogP contribution in [0.15, 0.2) is 57.0 Å². The molecule has 3 aromatic heterocycles. The average Bonchev–Trinajstić information content (AvgIpc) is 3.59. The summed E-state index contributed by atoms with van der Waals surface area (Å²) in [4.78, 5) is 9.13. The zero-order valence-electron chi connectivity index (χ0n) is 20.3. The molecule has 0 fully saturated rings. The lowest BCUT2D eigenvalue weighted by Crippen LogP contribution is -2.40. The first-order chi connectivity index (χ1) is 18.7. The van der Waals surface area contributed by atoms with Crippen molar-refractivity contribution in [2.45, 2.75) is 48.7 Å². The minimum Gasteiger partial charge on any atom is -0.394 e. The van der Waals surface area contributed by atoms with Crippen LogP contribution in [0.3, 0.4) is 0 Å². The molecular weight excluding hydrogens is 623 g/mol. The van der Waals surface area contributed by atoms with E-state index in [1.165, 1.54) is 40.9 Å². The topological polar surface area (TPSA) is 115 Å². The van der Waals surface area contributed by atoms with Crippen molar-refractivity contribution < 1.29 is 32.9 Å². The summed E-state index contributed by atoms with van der Waals surface area (Å²) in [5, 5.41) is 29.8. The molecule has 3 heterocycles. The summed E-state index contributed by atoms with van der Waals surface area (Å²) in [5.74, 6) is -4.26. The normalized spacial score (nSPS) is 14.7. The van der Waals surface area contributed by atoms with E-state index in [0.29, 0.717) is 5.69 Å². The Morgan fingerprint density at radius 1 is 1.15 bits per heavy atom. The number of aliphatic hydroxyl groups excluding tert-OH is 2. The molecule has 208 valence electrons. The van der Waals surface area contributed by atoms with Gasteiger partial charge in [0.15, 0.2) is 17.5 Å². The SMILES string of the molecule is C[C@@H](O)C(CO)OC(Sc1cncc(Br)c1)[C@H](Cn1cc(-c2cc(F)c(F)c(F)c2)nn1)OCc1cscn1. The molecule has 15 heteroatoms. The predicted molar refractivity (Wildman–Crippen MR) is 141 cm³/mol. The molecule has 9 nitrogen and oxygen atoms in total. The van der Waals surface area contributed by atoms with Crippen LogP contribution < -0.4 is 0 Å². The number of benzene rings is 1. The number of halogens is 4. The van der Waals surface area contributed by atoms with E-state index in [2.05, 4.69) is 36.2 Å². The Morgan fingerprint density at radius 2 is 1.92 bits per heavy atom. The standard InChI is InChI=1S/C24H23BrF3N5O4S2/c1-13(35)22(9-34)37-24(39-17-4-15(25)5-29-6-17)21(36-10-16-11-38-12-30-16)8-33-7-20(31-32-33)14-2-18(26)23(28)19(27)3-14/h2-7,11-13,21-22,24,34-35H,8-10H2,1H3/t13-,21+,22?,24?/m1/s1. The summed E-state index contributed by atoms with van der Waals surface area (Å²) in [6, 6.07) is 3.49. The Balaban J connectivity index is 1.63. The number of rotatable bonds is 13. The summed E-state index contributed by atoms with van der Waals surface area (Å²) in [6.07, 6.45) is 2.03. The van der Waals surface area contributed by atoms with Crippen molar-refractivity contribution in [1.82, 2.24) is 25.0 Å². The Hall–Kier alpha value is -2.40. The highest BCUT2D eigenvalue weighted by Crippen LogP contribution is 2.32. The molecule has 1 aromatic carbocycles. The Labute approximate surface area is 238 Å². The number of thioether (sulfide) groups is 1. The van der Waals surface area contributed by atoms with Gasteiger partial charge >= 0.3 is 0 Å². The molecule has 39 heavy (non-hydrogen) atoms. The number of pyridine rings is 1. The molecule has 4 aromatic rings. The fraction of sp³-hybridized carbons (Fsp3) is 0.333. The van der Waals surface area contributed by atoms with Gasteiger partial charge in [0, 0.05) is 32.7 Å². The first-order valence-corrected chi connectivity index (χ1v) is 14.1. The van der Waals surface area contributed by atoms with Gasteiger partial charge in [0.2, 0.25) is 0 Å². The first kappa shape index (κ1) is 29.6. The van der Waals surface area contributed by atoms with Crippen LogP contribution in [0.4, 0.5) is 13.2 Å². The van der Waals surface area contributed by atoms with Crippen molar-refractivity contribution >= 4 is 39.0 Å². The lowest BCUT2D eigenvalue weighted by Gasteiger charge is -2.31. The van der Waals surface area contributed by atoms with Crippen LogP contribution >= 0.6 is 39.0 Å². The molecular formula is C24H23BrF3N5O4S2. The second-order valence-electron chi connectivity index (χ2n) is 8.33. The monoisotopic (exact) mass is 645 g/mol. The minimum atomic E-state index is -1.57. The number of nitrogens with zero attached hydrogens (tertiary/aromatic N) is 5. The van der Waals surface area contributed by atoms with Gasteiger partial charge in [0.05, 0.1) is 43.3 Å². The maximum Gasteiger partial charge on any atom is 0.194 e. The number of ether oxygens (including phenoxy) is 2. The lowest BCUT2D eigenvalue weighted by atomic mass is 10.1. The summed E-state index contributed by atoms with van der Waals surface area (Å²) in [6.45, 7) is 1.23. The number of hydrogen-bond acceptors (Lipinski definition) is 10. The zero-order valence-corrected chi connectivity index (χ0v) is 23.5. The number of hydrogen-bond donors (Lipinski definition) is 2. The maximum atomic E-state index is 13.8. The summed E-state index contributed by atoms with van der Waals surface area (Å²) < 4.78 is 55.4. The molecule has 0 bridgehead atoms. The third-order valence-electron chi connectivity index (χ3n) is 5.38. The van der Waals surface area contributed by atoms with Gasteiger partial charge in [-0.3, -0.25) is 4.98 Å². The van der Waals surface area contributed by atoms with Crippen molar-refractivity contribution in [2.75, 3.05) is 6.61 Å². The predicted octanol–water partition coefficient (Wildman–Crippen LogP) is 4.44. The quantitative estimate of drug-likeness (QED) is 0.124. The first-order valence-electron chi connectivity index (χ1n) is 11.5. The molecule has 0 spiro atoms. The van der Waals surface area contributed by atoms with E-state index in [1.54, 1.807) is 17.9 Å². The highest BCUT2D eigenvalue weighted by molar-refractivity contribution is 9.10. The van der Waals surface area contributed by atoms with Crippen LogP contribution in [-0.4, -0.2) is 65.5 Å². The molecule has 2 unspecified atom stereocenters. The molecule has 0 saturated carbocycles. The van der Waals surface area contributed by atoms with E-state index in [0.717, 1.165) is 21.5 Å². The van der Waals surface area contributed by atoms with Gasteiger partial charge in [-0.15, -0.1) is 16.4 Å². The van der Waals surface area contributed by atoms with Crippen molar-refractivity contribution in [2.24, 2.45) is 0 Å². The van der Waals surface area contributed by atoms with Crippen molar-refractivity contribution in [3.63, 3.8) is 0 Å². The van der Waals surface area contributed by atoms with Gasteiger partial charge in [0.1, 0.15) is 23.3 Å². The smallest absolute Gasteiger partial charge is 0.194 e. The molecule has 0 aliphatic rings. The van der Waals surface area contributed by atoms with Crippen molar-refractivity contribution in [1.29, 1.82) is 0 Å². The summed E-state index contributed by atoms with van der Waals surface area (Å²) in [7, 11) is 0. The van der Waals surface area contributed by atoms with E-state index in [4.69, 9.17) is 9.47 Å². The Kier molecular flexibility index (Phi) is 10.5. The molecule has 4 atom stereocenters. The highest BCUT2D eigenvalue weighted by atomic mass is 79.9. The van der Waals surface area contributed by atoms with Gasteiger partial charge in [-0.2, -0.15) is 0 Å². The van der Waals surface area contributed by atoms with Crippen LogP contribution in [0.1, 0.15) is 12.6 Å². The average molecular weight is 647 g/mol. The highest BCUT2D eigenvalue weighted by Gasteiger charge is 2.31. The number of aromatic nitrogens is 5. The van der Waals surface area contributed by atoms with E-state index in [-0.39, 0.29) is 24.4 Å². The third-order valence-corrected chi connectivity index (χ3v) is 7.59. The van der Waals surface area contributed by atoms with E-state index in [1.807, 2.05) is 11.4 Å². The van der Waals surface area contributed by atoms with Crippen LogP contribution in [0.5, 0.6) is 0 Å². The molecule has 2 N–H and O–H groups in total. The molecule has 0 saturated heterocycles. The Morgan fingerprint density at radius 3 is 2.56 bits per heavy atom. The second-order valence-corrected chi connectivity index (χ2v) is 11.1. The van der Waals surface area contributed by atoms with Crippen LogP contribution in [0, 0.1) is 17.5 Å². The summed E-state index contributed by atoms with van der Waals surface area (Å²) in [5.41, 5.74) is 1.69. The maximum absolute atomic E-state index is 13.8. The van der Waals surface area contributed by atoms with E-state index < -0.39 is 47.8 Å². The van der Waals surface area contributed by atoms with Gasteiger partial charge in [0.25, 0.3) is 0 Å². The molecule has 0 amide bonds. The number of thiazole rings is 1. The fourth-order valence-electron chi connectivity index (χ4n) is 3.39. The van der Waals surface area contributed by atoms with Gasteiger partial charge in [-0.05, 0) is 41.1 Å². The molecule has 0 radical (unpaired) electrons. The zero-order chi connectivity index (χ0) is 27.9. The fourth-order valence-corrected chi connectivity index (χ4v) is 5.55.